The molecule has 6 heteroatoms. The van der Waals surface area contributed by atoms with Gasteiger partial charge in [-0.3, -0.25) is 4.79 Å². The van der Waals surface area contributed by atoms with Gasteiger partial charge in [-0.15, -0.1) is 0 Å². The van der Waals surface area contributed by atoms with Gasteiger partial charge in [0.1, 0.15) is 0 Å². The summed E-state index contributed by atoms with van der Waals surface area (Å²) < 4.78 is 0. The Labute approximate surface area is 75.0 Å². The van der Waals surface area contributed by atoms with Crippen LogP contribution in [0.1, 0.15) is 13.3 Å². The highest BCUT2D eigenvalue weighted by molar-refractivity contribution is 6.06. The number of hydrogen-bond acceptors (Lipinski definition) is 5. The Morgan fingerprint density at radius 3 is 2.23 bits per heavy atom. The van der Waals surface area contributed by atoms with Crippen LogP contribution in [0.3, 0.4) is 0 Å². The second-order valence-electron chi connectivity index (χ2n) is 2.87. The molecule has 0 bridgehead atoms. The first-order chi connectivity index (χ1) is 5.84. The summed E-state index contributed by atoms with van der Waals surface area (Å²) in [6.07, 6.45) is -1.79. The van der Waals surface area contributed by atoms with Gasteiger partial charge in [-0.25, -0.2) is 4.79 Å². The van der Waals surface area contributed by atoms with E-state index in [0.717, 1.165) is 6.92 Å². The second kappa shape index (κ2) is 4.31. The van der Waals surface area contributed by atoms with Crippen LogP contribution >= 0.6 is 0 Å². The van der Waals surface area contributed by atoms with Crippen molar-refractivity contribution in [2.75, 3.05) is 6.61 Å². The lowest BCUT2D eigenvalue weighted by Gasteiger charge is -2.23. The van der Waals surface area contributed by atoms with Gasteiger partial charge >= 0.3 is 5.97 Å². The minimum absolute atomic E-state index is 0.492. The smallest absolute Gasteiger partial charge is 0.331 e. The monoisotopic (exact) mass is 191 g/mol. The van der Waals surface area contributed by atoms with E-state index in [1.807, 2.05) is 0 Å². The van der Waals surface area contributed by atoms with E-state index in [9.17, 15) is 9.59 Å². The van der Waals surface area contributed by atoms with Gasteiger partial charge in [0.15, 0.2) is 11.3 Å². The predicted molar refractivity (Wildman–Crippen MR) is 42.9 cm³/mol. The molecule has 0 radical (unpaired) electrons. The molecule has 0 heterocycles. The third-order valence-corrected chi connectivity index (χ3v) is 1.78. The quantitative estimate of drug-likeness (QED) is 0.377. The molecule has 0 rings (SSSR count). The molecule has 6 nitrogen and oxygen atoms in total. The summed E-state index contributed by atoms with van der Waals surface area (Å²) in [7, 11) is 0. The van der Waals surface area contributed by atoms with Gasteiger partial charge in [0.05, 0.1) is 12.7 Å². The fourth-order valence-corrected chi connectivity index (χ4v) is 0.818. The summed E-state index contributed by atoms with van der Waals surface area (Å²) in [6.45, 7) is 0.401. The number of aliphatic carboxylic acids is 1. The summed E-state index contributed by atoms with van der Waals surface area (Å²) >= 11 is 0. The van der Waals surface area contributed by atoms with Crippen LogP contribution in [0.5, 0.6) is 0 Å². The van der Waals surface area contributed by atoms with Crippen LogP contribution in [0.2, 0.25) is 0 Å². The Balaban J connectivity index is 4.61. The van der Waals surface area contributed by atoms with E-state index in [1.165, 1.54) is 0 Å². The van der Waals surface area contributed by atoms with Crippen LogP contribution in [0.15, 0.2) is 0 Å². The number of Topliss-reactive ketones (excluding diaryl/α,β-unsaturated/α-hetero) is 1. The van der Waals surface area contributed by atoms with Crippen molar-refractivity contribution >= 4 is 11.8 Å². The highest BCUT2D eigenvalue weighted by Crippen LogP contribution is 2.11. The first kappa shape index (κ1) is 12.0. The summed E-state index contributed by atoms with van der Waals surface area (Å²) in [6, 6.07) is 0. The molecule has 2 atom stereocenters. The molecule has 0 aromatic rings. The molecule has 76 valence electrons. The van der Waals surface area contributed by atoms with Crippen LogP contribution in [0.25, 0.3) is 0 Å². The Morgan fingerprint density at radius 2 is 2.00 bits per heavy atom. The van der Waals surface area contributed by atoms with Crippen molar-refractivity contribution in [1.29, 1.82) is 0 Å². The second-order valence-corrected chi connectivity index (χ2v) is 2.87. The number of aliphatic hydroxyl groups excluding tert-OH is 2. The number of carbonyl (C=O) groups is 2. The standard InChI is InChI=1S/C7H13NO5/c1-4(10)7(8,6(12)13)2-5(11)3-9/h5,9,11H,2-3,8H2,1H3,(H,12,13). The SMILES string of the molecule is CC(=O)C(N)(CC(O)CO)C(=O)O. The van der Waals surface area contributed by atoms with Crippen molar-refractivity contribution < 1.29 is 24.9 Å². The van der Waals surface area contributed by atoms with Gasteiger partial charge in [-0.2, -0.15) is 0 Å². The highest BCUT2D eigenvalue weighted by Gasteiger charge is 2.40. The summed E-state index contributed by atoms with van der Waals surface area (Å²) in [5.74, 6) is -2.26. The summed E-state index contributed by atoms with van der Waals surface area (Å²) in [4.78, 5) is 21.4. The minimum atomic E-state index is -2.11. The maximum absolute atomic E-state index is 10.9. The highest BCUT2D eigenvalue weighted by atomic mass is 16.4. The van der Waals surface area contributed by atoms with E-state index in [4.69, 9.17) is 21.1 Å². The van der Waals surface area contributed by atoms with E-state index in [-0.39, 0.29) is 0 Å². The summed E-state index contributed by atoms with van der Waals surface area (Å²) in [5, 5.41) is 26.0. The Bertz CT molecular complexity index is 201. The van der Waals surface area contributed by atoms with Gasteiger partial charge < -0.3 is 21.1 Å². The van der Waals surface area contributed by atoms with Crippen LogP contribution in [0, 0.1) is 0 Å². The van der Waals surface area contributed by atoms with Crippen LogP contribution in [-0.4, -0.2) is 45.3 Å². The Kier molecular flexibility index (Phi) is 3.99. The average Bonchev–Trinajstić information content (AvgIpc) is 2.03. The largest absolute Gasteiger partial charge is 0.480 e. The molecule has 0 amide bonds. The molecule has 2 unspecified atom stereocenters. The molecule has 0 spiro atoms. The van der Waals surface area contributed by atoms with Gasteiger partial charge in [0.25, 0.3) is 0 Å². The van der Waals surface area contributed by atoms with Gasteiger partial charge in [0.2, 0.25) is 0 Å². The molecule has 0 fully saturated rings. The zero-order valence-electron chi connectivity index (χ0n) is 7.23. The minimum Gasteiger partial charge on any atom is -0.480 e. The predicted octanol–water partition coefficient (Wildman–Crippen LogP) is -1.90. The molecule has 0 saturated carbocycles. The van der Waals surface area contributed by atoms with Gasteiger partial charge in [-0.1, -0.05) is 0 Å². The summed E-state index contributed by atoms with van der Waals surface area (Å²) in [5.41, 5.74) is 3.13. The lowest BCUT2D eigenvalue weighted by molar-refractivity contribution is -0.149. The number of ketones is 1. The molecule has 13 heavy (non-hydrogen) atoms. The lowest BCUT2D eigenvalue weighted by Crippen LogP contribution is -2.56. The van der Waals surface area contributed by atoms with Crippen LogP contribution < -0.4 is 5.73 Å². The van der Waals surface area contributed by atoms with E-state index in [1.54, 1.807) is 0 Å². The number of carboxylic acid groups (broad SMARTS) is 1. The number of carboxylic acids is 1. The number of rotatable bonds is 5. The Hall–Kier alpha value is -0.980. The van der Waals surface area contributed by atoms with Gasteiger partial charge in [0, 0.05) is 6.42 Å². The first-order valence-electron chi connectivity index (χ1n) is 3.67. The molecule has 0 aromatic carbocycles. The molecular weight excluding hydrogens is 178 g/mol. The molecule has 5 N–H and O–H groups in total. The van der Waals surface area contributed by atoms with Crippen molar-refractivity contribution in [3.05, 3.63) is 0 Å². The van der Waals surface area contributed by atoms with E-state index in [0.29, 0.717) is 0 Å². The molecule has 0 aromatic heterocycles. The van der Waals surface area contributed by atoms with E-state index >= 15 is 0 Å². The zero-order chi connectivity index (χ0) is 10.6. The topological polar surface area (TPSA) is 121 Å². The number of nitrogens with two attached hydrogens (primary N) is 1. The van der Waals surface area contributed by atoms with E-state index in [2.05, 4.69) is 0 Å². The number of aliphatic hydroxyl groups is 2. The fraction of sp³-hybridized carbons (Fsp3) is 0.714. The lowest BCUT2D eigenvalue weighted by atomic mass is 9.89. The third-order valence-electron chi connectivity index (χ3n) is 1.78. The molecule has 0 aliphatic carbocycles. The van der Waals surface area contributed by atoms with Crippen LogP contribution in [-0.2, 0) is 9.59 Å². The third kappa shape index (κ3) is 2.76. The Morgan fingerprint density at radius 1 is 1.54 bits per heavy atom. The molecule has 0 aliphatic heterocycles. The van der Waals surface area contributed by atoms with Crippen molar-refractivity contribution in [3.8, 4) is 0 Å². The normalized spacial score (nSPS) is 17.5. The fourth-order valence-electron chi connectivity index (χ4n) is 0.818. The van der Waals surface area contributed by atoms with Crippen molar-refractivity contribution in [1.82, 2.24) is 0 Å². The van der Waals surface area contributed by atoms with Crippen molar-refractivity contribution in [2.45, 2.75) is 25.0 Å². The maximum Gasteiger partial charge on any atom is 0.331 e. The first-order valence-corrected chi connectivity index (χ1v) is 3.67. The molecule has 0 aliphatic rings. The van der Waals surface area contributed by atoms with Crippen LogP contribution in [0.4, 0.5) is 0 Å². The number of hydrogen-bond donors (Lipinski definition) is 4. The molecule has 0 saturated heterocycles. The average molecular weight is 191 g/mol. The van der Waals surface area contributed by atoms with Gasteiger partial charge in [-0.05, 0) is 6.92 Å². The maximum atomic E-state index is 10.9. The van der Waals surface area contributed by atoms with Crippen molar-refractivity contribution in [2.24, 2.45) is 5.73 Å². The van der Waals surface area contributed by atoms with Crippen molar-refractivity contribution in [3.63, 3.8) is 0 Å². The molecular formula is C7H13NO5. The van der Waals surface area contributed by atoms with E-state index < -0.39 is 36.4 Å². The zero-order valence-corrected chi connectivity index (χ0v) is 7.23. The number of carbonyl (C=O) groups excluding carboxylic acids is 1.